The molecule has 1 aromatic heterocycles. The van der Waals surface area contributed by atoms with E-state index in [2.05, 4.69) is 15.0 Å². The van der Waals surface area contributed by atoms with E-state index in [1.165, 1.54) is 25.1 Å². The minimum absolute atomic E-state index is 0.0372. The van der Waals surface area contributed by atoms with Crippen molar-refractivity contribution in [3.8, 4) is 0 Å². The van der Waals surface area contributed by atoms with Crippen LogP contribution in [0.1, 0.15) is 43.3 Å². The lowest BCUT2D eigenvalue weighted by molar-refractivity contribution is -0.141. The van der Waals surface area contributed by atoms with Crippen molar-refractivity contribution in [3.63, 3.8) is 0 Å². The Hall–Kier alpha value is -2.88. The number of pyridine rings is 1. The molecule has 0 fully saturated rings. The van der Waals surface area contributed by atoms with Crippen molar-refractivity contribution in [2.45, 2.75) is 39.9 Å². The number of sulfonamides is 1. The van der Waals surface area contributed by atoms with E-state index < -0.39 is 27.8 Å². The van der Waals surface area contributed by atoms with Crippen molar-refractivity contribution >= 4 is 27.7 Å². The molecular weight excluding hydrogens is 443 g/mol. The van der Waals surface area contributed by atoms with Gasteiger partial charge in [0.05, 0.1) is 5.75 Å². The molecule has 0 spiro atoms. The van der Waals surface area contributed by atoms with E-state index >= 15 is 0 Å². The highest BCUT2D eigenvalue weighted by Gasteiger charge is 2.32. The molecule has 2 rings (SSSR count). The van der Waals surface area contributed by atoms with Crippen molar-refractivity contribution in [2.24, 2.45) is 5.92 Å². The fourth-order valence-corrected chi connectivity index (χ4v) is 3.37. The molecule has 10 heteroatoms. The van der Waals surface area contributed by atoms with Gasteiger partial charge < -0.3 is 5.32 Å². The maximum atomic E-state index is 13.0. The highest BCUT2D eigenvalue weighted by Crippen LogP contribution is 2.29. The summed E-state index contributed by atoms with van der Waals surface area (Å²) in [7, 11) is -3.36. The molecule has 0 aliphatic carbocycles. The molecule has 0 atom stereocenters. The van der Waals surface area contributed by atoms with Crippen LogP contribution < -0.4 is 10.0 Å². The number of rotatable bonds is 9. The Kier molecular flexibility index (Phi) is 8.43. The van der Waals surface area contributed by atoms with E-state index in [1.54, 1.807) is 24.3 Å². The number of amides is 1. The van der Waals surface area contributed by atoms with Crippen LogP contribution in [-0.2, 0) is 34.0 Å². The van der Waals surface area contributed by atoms with Crippen LogP contribution in [0, 0.1) is 5.92 Å². The third kappa shape index (κ3) is 7.99. The molecule has 6 nitrogen and oxygen atoms in total. The Morgan fingerprint density at radius 3 is 2.34 bits per heavy atom. The number of hydrogen-bond donors (Lipinski definition) is 2. The SMILES string of the molecule is CCS(=O)(=O)Nc1ccc(CNC(=O)C=Cc2ccc(C(F)(F)F)nc2CC(C)C)cc1. The Morgan fingerprint density at radius 1 is 1.12 bits per heavy atom. The van der Waals surface area contributed by atoms with Gasteiger partial charge >= 0.3 is 6.18 Å². The molecule has 0 aliphatic rings. The molecule has 1 heterocycles. The number of hydrogen-bond acceptors (Lipinski definition) is 4. The predicted molar refractivity (Wildman–Crippen MR) is 118 cm³/mol. The van der Waals surface area contributed by atoms with Gasteiger partial charge in [-0.25, -0.2) is 13.4 Å². The quantitative estimate of drug-likeness (QED) is 0.533. The summed E-state index contributed by atoms with van der Waals surface area (Å²) in [5.74, 6) is -0.363. The first-order chi connectivity index (χ1) is 14.9. The molecule has 0 bridgehead atoms. The van der Waals surface area contributed by atoms with Gasteiger partial charge in [-0.2, -0.15) is 13.2 Å². The topological polar surface area (TPSA) is 88.2 Å². The van der Waals surface area contributed by atoms with Crippen molar-refractivity contribution < 1.29 is 26.4 Å². The van der Waals surface area contributed by atoms with Crippen LogP contribution in [-0.4, -0.2) is 25.1 Å². The number of nitrogens with one attached hydrogen (secondary N) is 2. The Labute approximate surface area is 186 Å². The smallest absolute Gasteiger partial charge is 0.348 e. The molecule has 0 radical (unpaired) electrons. The van der Waals surface area contributed by atoms with Crippen molar-refractivity contribution in [2.75, 3.05) is 10.5 Å². The van der Waals surface area contributed by atoms with Crippen LogP contribution in [0.15, 0.2) is 42.5 Å². The van der Waals surface area contributed by atoms with E-state index in [1.807, 2.05) is 13.8 Å². The summed E-state index contributed by atoms with van der Waals surface area (Å²) < 4.78 is 64.4. The van der Waals surface area contributed by atoms with E-state index in [4.69, 9.17) is 0 Å². The molecule has 174 valence electrons. The van der Waals surface area contributed by atoms with Gasteiger partial charge in [0.2, 0.25) is 15.9 Å². The standard InChI is InChI=1S/C22H26F3N3O3S/c1-4-32(30,31)28-18-9-5-16(6-10-18)14-26-21(29)12-8-17-7-11-20(22(23,24)25)27-19(17)13-15(2)3/h5-12,15,28H,4,13-14H2,1-3H3,(H,26,29). The number of aromatic nitrogens is 1. The number of alkyl halides is 3. The molecule has 1 amide bonds. The average molecular weight is 470 g/mol. The summed E-state index contributed by atoms with van der Waals surface area (Å²) in [6.07, 6.45) is -1.49. The fourth-order valence-electron chi connectivity index (χ4n) is 2.73. The molecular formula is C22H26F3N3O3S. The monoisotopic (exact) mass is 469 g/mol. The Morgan fingerprint density at radius 2 is 1.78 bits per heavy atom. The number of nitrogens with zero attached hydrogens (tertiary/aromatic N) is 1. The number of anilines is 1. The van der Waals surface area contributed by atoms with Gasteiger partial charge in [0.15, 0.2) is 0 Å². The molecule has 0 saturated heterocycles. The summed E-state index contributed by atoms with van der Waals surface area (Å²) in [6, 6.07) is 8.76. The van der Waals surface area contributed by atoms with Crippen LogP contribution in [0.25, 0.3) is 6.08 Å². The average Bonchev–Trinajstić information content (AvgIpc) is 2.71. The molecule has 1 aromatic carbocycles. The minimum atomic E-state index is -4.53. The number of carbonyl (C=O) groups excluding carboxylic acids is 1. The largest absolute Gasteiger partial charge is 0.433 e. The molecule has 0 unspecified atom stereocenters. The number of halogens is 3. The molecule has 2 aromatic rings. The maximum absolute atomic E-state index is 13.0. The highest BCUT2D eigenvalue weighted by molar-refractivity contribution is 7.92. The van der Waals surface area contributed by atoms with Crippen LogP contribution >= 0.6 is 0 Å². The summed E-state index contributed by atoms with van der Waals surface area (Å²) in [5.41, 5.74) is 0.954. The first kappa shape index (κ1) is 25.4. The van der Waals surface area contributed by atoms with Crippen molar-refractivity contribution in [1.82, 2.24) is 10.3 Å². The maximum Gasteiger partial charge on any atom is 0.433 e. The van der Waals surface area contributed by atoms with E-state index in [9.17, 15) is 26.4 Å². The zero-order valence-corrected chi connectivity index (χ0v) is 18.8. The second-order valence-corrected chi connectivity index (χ2v) is 9.59. The van der Waals surface area contributed by atoms with Gasteiger partial charge in [-0.1, -0.05) is 32.0 Å². The number of benzene rings is 1. The first-order valence-electron chi connectivity index (χ1n) is 10.0. The van der Waals surface area contributed by atoms with Crippen LogP contribution in [0.3, 0.4) is 0 Å². The van der Waals surface area contributed by atoms with Crippen LogP contribution in [0.2, 0.25) is 0 Å². The lowest BCUT2D eigenvalue weighted by Crippen LogP contribution is -2.20. The molecule has 2 N–H and O–H groups in total. The van der Waals surface area contributed by atoms with Gasteiger partial charge in [-0.3, -0.25) is 9.52 Å². The fraction of sp³-hybridized carbons (Fsp3) is 0.364. The van der Waals surface area contributed by atoms with Crippen molar-refractivity contribution in [3.05, 3.63) is 65.0 Å². The second-order valence-electron chi connectivity index (χ2n) is 7.58. The lowest BCUT2D eigenvalue weighted by Gasteiger charge is -2.12. The Balaban J connectivity index is 2.03. The van der Waals surface area contributed by atoms with Gasteiger partial charge in [-0.15, -0.1) is 0 Å². The second kappa shape index (κ2) is 10.6. The van der Waals surface area contributed by atoms with Gasteiger partial charge in [-0.05, 0) is 54.7 Å². The van der Waals surface area contributed by atoms with E-state index in [0.717, 1.165) is 11.6 Å². The zero-order chi connectivity index (χ0) is 23.9. The van der Waals surface area contributed by atoms with Gasteiger partial charge in [0.25, 0.3) is 0 Å². The third-order valence-corrected chi connectivity index (χ3v) is 5.70. The van der Waals surface area contributed by atoms with E-state index in [0.29, 0.717) is 17.7 Å². The molecule has 32 heavy (non-hydrogen) atoms. The zero-order valence-electron chi connectivity index (χ0n) is 18.0. The summed E-state index contributed by atoms with van der Waals surface area (Å²) in [4.78, 5) is 15.9. The summed E-state index contributed by atoms with van der Waals surface area (Å²) in [6.45, 7) is 5.49. The molecule has 0 aliphatic heterocycles. The minimum Gasteiger partial charge on any atom is -0.348 e. The van der Waals surface area contributed by atoms with Gasteiger partial charge in [0.1, 0.15) is 5.69 Å². The number of carbonyl (C=O) groups is 1. The third-order valence-electron chi connectivity index (χ3n) is 4.39. The normalized spacial score (nSPS) is 12.3. The summed E-state index contributed by atoms with van der Waals surface area (Å²) in [5, 5.41) is 2.68. The highest BCUT2D eigenvalue weighted by atomic mass is 32.2. The lowest BCUT2D eigenvalue weighted by atomic mass is 10.0. The Bertz CT molecular complexity index is 1060. The van der Waals surface area contributed by atoms with Crippen molar-refractivity contribution in [1.29, 1.82) is 0 Å². The predicted octanol–water partition coefficient (Wildman–Crippen LogP) is 4.39. The van der Waals surface area contributed by atoms with Gasteiger partial charge in [0, 0.05) is 24.0 Å². The summed E-state index contributed by atoms with van der Waals surface area (Å²) >= 11 is 0. The van der Waals surface area contributed by atoms with E-state index in [-0.39, 0.29) is 23.9 Å². The van der Waals surface area contributed by atoms with Crippen LogP contribution in [0.4, 0.5) is 18.9 Å². The first-order valence-corrected chi connectivity index (χ1v) is 11.7. The molecule has 0 saturated carbocycles. The van der Waals surface area contributed by atoms with Crippen LogP contribution in [0.5, 0.6) is 0 Å².